The van der Waals surface area contributed by atoms with E-state index in [4.69, 9.17) is 4.74 Å². The van der Waals surface area contributed by atoms with Gasteiger partial charge in [-0.05, 0) is 18.6 Å². The highest BCUT2D eigenvalue weighted by Gasteiger charge is 2.47. The summed E-state index contributed by atoms with van der Waals surface area (Å²) in [6.07, 6.45) is -1.84. The summed E-state index contributed by atoms with van der Waals surface area (Å²) >= 11 is 0. The van der Waals surface area contributed by atoms with Crippen molar-refractivity contribution in [3.8, 4) is 0 Å². The molecular formula is C17H18F3N5O2. The standard InChI is InChI=1S/C17H18F3N5O2/c18-17(19,20)13-3-6-24-15(26)11-14(23-7-9-27-10-8-23)22-16(24)25(13)12-1-4-21-5-2-12/h1-2,4-5,11,13H,3,6-10H2/t13-/m0/s1. The van der Waals surface area contributed by atoms with Gasteiger partial charge in [0, 0.05) is 43.8 Å². The van der Waals surface area contributed by atoms with Gasteiger partial charge in [0.15, 0.2) is 0 Å². The first kappa shape index (κ1) is 17.8. The molecule has 1 saturated heterocycles. The van der Waals surface area contributed by atoms with Gasteiger partial charge in [-0.3, -0.25) is 19.2 Å². The van der Waals surface area contributed by atoms with Gasteiger partial charge < -0.3 is 9.64 Å². The van der Waals surface area contributed by atoms with Crippen LogP contribution in [-0.2, 0) is 11.3 Å². The van der Waals surface area contributed by atoms with E-state index in [-0.39, 0.29) is 24.5 Å². The molecule has 2 aliphatic rings. The summed E-state index contributed by atoms with van der Waals surface area (Å²) in [5.41, 5.74) is -0.0621. The number of halogens is 3. The van der Waals surface area contributed by atoms with E-state index in [2.05, 4.69) is 9.97 Å². The number of nitrogens with zero attached hydrogens (tertiary/aromatic N) is 5. The summed E-state index contributed by atoms with van der Waals surface area (Å²) in [6, 6.07) is 2.60. The van der Waals surface area contributed by atoms with Crippen molar-refractivity contribution in [1.29, 1.82) is 0 Å². The molecule has 144 valence electrons. The maximum Gasteiger partial charge on any atom is 0.409 e. The average Bonchev–Trinajstić information content (AvgIpc) is 2.67. The van der Waals surface area contributed by atoms with E-state index >= 15 is 0 Å². The fourth-order valence-electron chi connectivity index (χ4n) is 3.46. The Kier molecular flexibility index (Phi) is 4.50. The molecule has 1 atom stereocenters. The Morgan fingerprint density at radius 2 is 1.81 bits per heavy atom. The van der Waals surface area contributed by atoms with Crippen molar-refractivity contribution in [3.63, 3.8) is 0 Å². The number of ether oxygens (including phenoxy) is 1. The van der Waals surface area contributed by atoms with E-state index < -0.39 is 12.2 Å². The van der Waals surface area contributed by atoms with Crippen LogP contribution in [0.15, 0.2) is 35.4 Å². The summed E-state index contributed by atoms with van der Waals surface area (Å²) in [5.74, 6) is 0.375. The van der Waals surface area contributed by atoms with Crippen LogP contribution in [0.3, 0.4) is 0 Å². The minimum Gasteiger partial charge on any atom is -0.378 e. The van der Waals surface area contributed by atoms with Crippen LogP contribution in [0.25, 0.3) is 0 Å². The number of hydrogen-bond donors (Lipinski definition) is 0. The number of aromatic nitrogens is 3. The van der Waals surface area contributed by atoms with Crippen LogP contribution >= 0.6 is 0 Å². The van der Waals surface area contributed by atoms with Crippen molar-refractivity contribution >= 4 is 17.5 Å². The molecule has 2 aromatic rings. The van der Waals surface area contributed by atoms with Gasteiger partial charge in [0.25, 0.3) is 5.56 Å². The quantitative estimate of drug-likeness (QED) is 0.793. The molecule has 0 bridgehead atoms. The highest BCUT2D eigenvalue weighted by atomic mass is 19.4. The first-order chi connectivity index (χ1) is 12.9. The van der Waals surface area contributed by atoms with E-state index in [0.717, 1.165) is 4.90 Å². The fraction of sp³-hybridized carbons (Fsp3) is 0.471. The van der Waals surface area contributed by atoms with Crippen molar-refractivity contribution in [2.45, 2.75) is 25.2 Å². The Bertz CT molecular complexity index is 865. The molecule has 0 N–H and O–H groups in total. The second kappa shape index (κ2) is 6.84. The summed E-state index contributed by atoms with van der Waals surface area (Å²) in [4.78, 5) is 23.9. The largest absolute Gasteiger partial charge is 0.409 e. The van der Waals surface area contributed by atoms with Gasteiger partial charge in [-0.15, -0.1) is 0 Å². The number of fused-ring (bicyclic) bond motifs is 1. The third-order valence-corrected chi connectivity index (χ3v) is 4.78. The number of morpholine rings is 1. The van der Waals surface area contributed by atoms with Crippen molar-refractivity contribution < 1.29 is 17.9 Å². The van der Waals surface area contributed by atoms with Crippen molar-refractivity contribution in [1.82, 2.24) is 14.5 Å². The molecule has 0 radical (unpaired) electrons. The Balaban J connectivity index is 1.85. The average molecular weight is 381 g/mol. The summed E-state index contributed by atoms with van der Waals surface area (Å²) < 4.78 is 47.8. The van der Waals surface area contributed by atoms with Gasteiger partial charge in [-0.25, -0.2) is 0 Å². The molecule has 0 amide bonds. The smallest absolute Gasteiger partial charge is 0.378 e. The highest BCUT2D eigenvalue weighted by Crippen LogP contribution is 2.38. The number of alkyl halides is 3. The molecule has 2 aromatic heterocycles. The van der Waals surface area contributed by atoms with Crippen LogP contribution < -0.4 is 15.4 Å². The lowest BCUT2D eigenvalue weighted by Crippen LogP contribution is -2.50. The number of anilines is 3. The molecule has 0 aromatic carbocycles. The Morgan fingerprint density at radius 3 is 2.48 bits per heavy atom. The van der Waals surface area contributed by atoms with E-state index in [1.165, 1.54) is 35.2 Å². The third-order valence-electron chi connectivity index (χ3n) is 4.78. The zero-order valence-electron chi connectivity index (χ0n) is 14.4. The van der Waals surface area contributed by atoms with Crippen LogP contribution in [0.4, 0.5) is 30.6 Å². The highest BCUT2D eigenvalue weighted by molar-refractivity contribution is 5.61. The molecule has 2 aliphatic heterocycles. The molecule has 0 aliphatic carbocycles. The monoisotopic (exact) mass is 381 g/mol. The SMILES string of the molecule is O=c1cc(N2CCOCC2)nc2n1CC[C@@H](C(F)(F)F)N2c1ccncc1. The Labute approximate surface area is 153 Å². The second-order valence-corrected chi connectivity index (χ2v) is 6.43. The lowest BCUT2D eigenvalue weighted by atomic mass is 10.1. The summed E-state index contributed by atoms with van der Waals surface area (Å²) in [7, 11) is 0. The summed E-state index contributed by atoms with van der Waals surface area (Å²) in [5, 5.41) is 0. The van der Waals surface area contributed by atoms with E-state index in [0.29, 0.717) is 37.8 Å². The minimum absolute atomic E-state index is 0.00349. The second-order valence-electron chi connectivity index (χ2n) is 6.43. The third kappa shape index (κ3) is 3.36. The molecular weight excluding hydrogens is 363 g/mol. The molecule has 27 heavy (non-hydrogen) atoms. The first-order valence-electron chi connectivity index (χ1n) is 8.66. The maximum absolute atomic E-state index is 13.7. The number of pyridine rings is 1. The van der Waals surface area contributed by atoms with Gasteiger partial charge in [0.05, 0.1) is 13.2 Å². The fourth-order valence-corrected chi connectivity index (χ4v) is 3.46. The van der Waals surface area contributed by atoms with Crippen molar-refractivity contribution in [2.24, 2.45) is 0 Å². The van der Waals surface area contributed by atoms with Gasteiger partial charge in [0.2, 0.25) is 5.95 Å². The van der Waals surface area contributed by atoms with Crippen LogP contribution in [0.5, 0.6) is 0 Å². The van der Waals surface area contributed by atoms with Gasteiger partial charge in [-0.1, -0.05) is 0 Å². The Morgan fingerprint density at radius 1 is 1.11 bits per heavy atom. The molecule has 4 heterocycles. The zero-order valence-corrected chi connectivity index (χ0v) is 14.4. The molecule has 0 saturated carbocycles. The zero-order chi connectivity index (χ0) is 19.0. The van der Waals surface area contributed by atoms with Gasteiger partial charge in [-0.2, -0.15) is 18.2 Å². The van der Waals surface area contributed by atoms with Crippen molar-refractivity contribution in [2.75, 3.05) is 36.1 Å². The predicted octanol–water partition coefficient (Wildman–Crippen LogP) is 1.95. The van der Waals surface area contributed by atoms with Gasteiger partial charge >= 0.3 is 6.18 Å². The maximum atomic E-state index is 13.7. The number of hydrogen-bond acceptors (Lipinski definition) is 6. The normalized spacial score (nSPS) is 20.5. The van der Waals surface area contributed by atoms with Crippen molar-refractivity contribution in [3.05, 3.63) is 40.9 Å². The predicted molar refractivity (Wildman–Crippen MR) is 92.4 cm³/mol. The molecule has 7 nitrogen and oxygen atoms in total. The van der Waals surface area contributed by atoms with Crippen LogP contribution in [0, 0.1) is 0 Å². The minimum atomic E-state index is -4.46. The van der Waals surface area contributed by atoms with E-state index in [1.54, 1.807) is 0 Å². The first-order valence-corrected chi connectivity index (χ1v) is 8.66. The molecule has 4 rings (SSSR count). The molecule has 1 fully saturated rings. The summed E-state index contributed by atoms with van der Waals surface area (Å²) in [6.45, 7) is 2.01. The lowest BCUT2D eigenvalue weighted by molar-refractivity contribution is -0.150. The molecule has 0 spiro atoms. The number of rotatable bonds is 2. The molecule has 0 unspecified atom stereocenters. The lowest BCUT2D eigenvalue weighted by Gasteiger charge is -2.39. The van der Waals surface area contributed by atoms with Crippen LogP contribution in [-0.4, -0.2) is 53.1 Å². The molecule has 10 heteroatoms. The Hall–Kier alpha value is -2.62. The van der Waals surface area contributed by atoms with Crippen LogP contribution in [0.1, 0.15) is 6.42 Å². The van der Waals surface area contributed by atoms with Crippen LogP contribution in [0.2, 0.25) is 0 Å². The van der Waals surface area contributed by atoms with E-state index in [1.807, 2.05) is 4.90 Å². The topological polar surface area (TPSA) is 63.5 Å². The van der Waals surface area contributed by atoms with E-state index in [9.17, 15) is 18.0 Å². The van der Waals surface area contributed by atoms with Gasteiger partial charge in [0.1, 0.15) is 11.9 Å².